The van der Waals surface area contributed by atoms with Crippen molar-refractivity contribution in [3.05, 3.63) is 35.9 Å². The number of aliphatic imine (C=N–C) groups is 1. The van der Waals surface area contributed by atoms with E-state index in [9.17, 15) is 14.7 Å². The molecule has 0 aromatic heterocycles. The van der Waals surface area contributed by atoms with Crippen LogP contribution in [-0.4, -0.2) is 46.6 Å². The number of ether oxygens (including phenoxy) is 2. The van der Waals surface area contributed by atoms with Crippen molar-refractivity contribution in [2.75, 3.05) is 13.7 Å². The van der Waals surface area contributed by atoms with Gasteiger partial charge in [-0.15, -0.1) is 11.8 Å². The standard InChI is InChI=1S/C17H21NO5S/c1-12-17(16(20)21,9-8-15(19)22-2)18-14(24-12)11-23-10-13-6-4-3-5-7-13/h3-7,12H,8-11H2,1-2H3,(H,20,21). The van der Waals surface area contributed by atoms with Crippen molar-refractivity contribution in [1.29, 1.82) is 0 Å². The number of carbonyl (C=O) groups is 2. The Morgan fingerprint density at radius 1 is 1.29 bits per heavy atom. The number of carboxylic acid groups (broad SMARTS) is 1. The molecule has 0 spiro atoms. The van der Waals surface area contributed by atoms with Gasteiger partial charge in [-0.25, -0.2) is 4.79 Å². The van der Waals surface area contributed by atoms with Gasteiger partial charge in [-0.1, -0.05) is 30.3 Å². The lowest BCUT2D eigenvalue weighted by Gasteiger charge is -2.24. The number of thioether (sulfide) groups is 1. The first-order valence-electron chi connectivity index (χ1n) is 7.65. The molecule has 1 heterocycles. The maximum Gasteiger partial charge on any atom is 0.332 e. The number of benzene rings is 1. The second kappa shape index (κ2) is 8.30. The fourth-order valence-electron chi connectivity index (χ4n) is 2.52. The van der Waals surface area contributed by atoms with E-state index in [1.165, 1.54) is 18.9 Å². The van der Waals surface area contributed by atoms with Crippen molar-refractivity contribution in [3.63, 3.8) is 0 Å². The Morgan fingerprint density at radius 3 is 2.62 bits per heavy atom. The molecule has 0 radical (unpaired) electrons. The Balaban J connectivity index is 1.99. The van der Waals surface area contributed by atoms with Crippen LogP contribution in [0, 0.1) is 0 Å². The molecule has 2 unspecified atom stereocenters. The van der Waals surface area contributed by atoms with Gasteiger partial charge in [0.05, 0.1) is 25.4 Å². The fraction of sp³-hybridized carbons (Fsp3) is 0.471. The fourth-order valence-corrected chi connectivity index (χ4v) is 3.76. The third-order valence-corrected chi connectivity index (χ3v) is 5.18. The molecule has 0 fully saturated rings. The lowest BCUT2D eigenvalue weighted by Crippen LogP contribution is -2.43. The minimum absolute atomic E-state index is 0.0232. The minimum Gasteiger partial charge on any atom is -0.479 e. The summed E-state index contributed by atoms with van der Waals surface area (Å²) < 4.78 is 10.2. The smallest absolute Gasteiger partial charge is 0.332 e. The minimum atomic E-state index is -1.30. The summed E-state index contributed by atoms with van der Waals surface area (Å²) >= 11 is 1.39. The number of nitrogens with zero attached hydrogens (tertiary/aromatic N) is 1. The Hall–Kier alpha value is -1.86. The van der Waals surface area contributed by atoms with Gasteiger partial charge in [0.1, 0.15) is 0 Å². The highest BCUT2D eigenvalue weighted by Crippen LogP contribution is 2.39. The van der Waals surface area contributed by atoms with Gasteiger partial charge < -0.3 is 14.6 Å². The van der Waals surface area contributed by atoms with Crippen molar-refractivity contribution in [2.24, 2.45) is 4.99 Å². The van der Waals surface area contributed by atoms with Crippen LogP contribution in [0.25, 0.3) is 0 Å². The summed E-state index contributed by atoms with van der Waals surface area (Å²) in [6.07, 6.45) is 0.140. The van der Waals surface area contributed by atoms with Crippen LogP contribution in [0.5, 0.6) is 0 Å². The molecule has 1 aromatic carbocycles. The third kappa shape index (κ3) is 4.36. The SMILES string of the molecule is COC(=O)CCC1(C(=O)O)N=C(COCc2ccccc2)SC1C. The molecule has 2 rings (SSSR count). The van der Waals surface area contributed by atoms with E-state index in [0.29, 0.717) is 11.7 Å². The Labute approximate surface area is 145 Å². The van der Waals surface area contributed by atoms with Crippen LogP contribution in [-0.2, 0) is 25.7 Å². The number of hydrogen-bond acceptors (Lipinski definition) is 6. The number of hydrogen-bond donors (Lipinski definition) is 1. The molecule has 2 atom stereocenters. The van der Waals surface area contributed by atoms with Crippen molar-refractivity contribution in [1.82, 2.24) is 0 Å². The molecule has 0 saturated carbocycles. The van der Waals surface area contributed by atoms with Crippen LogP contribution < -0.4 is 0 Å². The van der Waals surface area contributed by atoms with Crippen LogP contribution in [0.15, 0.2) is 35.3 Å². The maximum absolute atomic E-state index is 11.8. The number of rotatable bonds is 8. The van der Waals surface area contributed by atoms with E-state index in [4.69, 9.17) is 4.74 Å². The number of carboxylic acids is 1. The van der Waals surface area contributed by atoms with Gasteiger partial charge in [-0.05, 0) is 18.9 Å². The van der Waals surface area contributed by atoms with Gasteiger partial charge in [0.2, 0.25) is 0 Å². The molecule has 1 aliphatic heterocycles. The van der Waals surface area contributed by atoms with Crippen LogP contribution in [0.1, 0.15) is 25.3 Å². The average molecular weight is 351 g/mol. The van der Waals surface area contributed by atoms with Crippen molar-refractivity contribution in [3.8, 4) is 0 Å². The molecule has 0 saturated heterocycles. The zero-order valence-electron chi connectivity index (χ0n) is 13.7. The van der Waals surface area contributed by atoms with E-state index in [1.807, 2.05) is 37.3 Å². The maximum atomic E-state index is 11.8. The summed E-state index contributed by atoms with van der Waals surface area (Å²) in [5.41, 5.74) is -0.256. The predicted molar refractivity (Wildman–Crippen MR) is 92.2 cm³/mol. The summed E-state index contributed by atoms with van der Waals surface area (Å²) in [5, 5.41) is 10.0. The van der Waals surface area contributed by atoms with Gasteiger partial charge in [0, 0.05) is 11.7 Å². The number of esters is 1. The van der Waals surface area contributed by atoms with Gasteiger partial charge in [-0.2, -0.15) is 0 Å². The highest BCUT2D eigenvalue weighted by atomic mass is 32.2. The van der Waals surface area contributed by atoms with E-state index in [-0.39, 0.29) is 24.7 Å². The molecule has 0 aliphatic carbocycles. The predicted octanol–water partition coefficient (Wildman–Crippen LogP) is 2.51. The monoisotopic (exact) mass is 351 g/mol. The highest BCUT2D eigenvalue weighted by Gasteiger charge is 2.49. The first-order chi connectivity index (χ1) is 11.5. The van der Waals surface area contributed by atoms with Crippen LogP contribution >= 0.6 is 11.8 Å². The largest absolute Gasteiger partial charge is 0.479 e. The molecule has 0 amide bonds. The van der Waals surface area contributed by atoms with Crippen molar-refractivity contribution < 1.29 is 24.2 Å². The van der Waals surface area contributed by atoms with E-state index >= 15 is 0 Å². The first kappa shape index (κ1) is 18.5. The van der Waals surface area contributed by atoms with Gasteiger partial charge in [0.15, 0.2) is 5.54 Å². The van der Waals surface area contributed by atoms with Crippen LogP contribution in [0.3, 0.4) is 0 Å². The molecular formula is C17H21NO5S. The summed E-state index contributed by atoms with van der Waals surface area (Å²) in [6, 6.07) is 9.73. The number of methoxy groups -OCH3 is 1. The Kier molecular flexibility index (Phi) is 6.39. The Bertz CT molecular complexity index is 619. The van der Waals surface area contributed by atoms with Gasteiger partial charge in [0.25, 0.3) is 0 Å². The topological polar surface area (TPSA) is 85.2 Å². The lowest BCUT2D eigenvalue weighted by molar-refractivity contribution is -0.145. The Morgan fingerprint density at radius 2 is 2.00 bits per heavy atom. The molecular weight excluding hydrogens is 330 g/mol. The number of carbonyl (C=O) groups excluding carboxylic acids is 1. The van der Waals surface area contributed by atoms with Gasteiger partial charge >= 0.3 is 11.9 Å². The first-order valence-corrected chi connectivity index (χ1v) is 8.53. The molecule has 1 aliphatic rings. The van der Waals surface area contributed by atoms with E-state index < -0.39 is 17.5 Å². The zero-order chi connectivity index (χ0) is 17.6. The molecule has 1 aromatic rings. The molecule has 1 N–H and O–H groups in total. The molecule has 7 heteroatoms. The summed E-state index contributed by atoms with van der Waals surface area (Å²) in [5.74, 6) is -1.46. The normalized spacial score (nSPS) is 22.9. The van der Waals surface area contributed by atoms with E-state index in [2.05, 4.69) is 9.73 Å². The molecule has 0 bridgehead atoms. The summed E-state index contributed by atoms with van der Waals surface area (Å²) in [4.78, 5) is 27.5. The molecule has 6 nitrogen and oxygen atoms in total. The lowest BCUT2D eigenvalue weighted by atomic mass is 9.91. The zero-order valence-corrected chi connectivity index (χ0v) is 14.5. The van der Waals surface area contributed by atoms with Gasteiger partial charge in [-0.3, -0.25) is 9.79 Å². The van der Waals surface area contributed by atoms with E-state index in [0.717, 1.165) is 5.56 Å². The van der Waals surface area contributed by atoms with Crippen LogP contribution in [0.4, 0.5) is 0 Å². The number of aliphatic carboxylic acids is 1. The second-order valence-corrected chi connectivity index (χ2v) is 6.96. The summed E-state index contributed by atoms with van der Waals surface area (Å²) in [6.45, 7) is 2.51. The average Bonchev–Trinajstić information content (AvgIpc) is 2.90. The van der Waals surface area contributed by atoms with Crippen LogP contribution in [0.2, 0.25) is 0 Å². The second-order valence-electron chi connectivity index (χ2n) is 5.55. The quantitative estimate of drug-likeness (QED) is 0.725. The molecule has 130 valence electrons. The third-order valence-electron chi connectivity index (χ3n) is 3.95. The van der Waals surface area contributed by atoms with Crippen molar-refractivity contribution >= 4 is 28.7 Å². The van der Waals surface area contributed by atoms with Crippen molar-refractivity contribution in [2.45, 2.75) is 37.2 Å². The highest BCUT2D eigenvalue weighted by molar-refractivity contribution is 8.14. The molecule has 24 heavy (non-hydrogen) atoms. The van der Waals surface area contributed by atoms with E-state index in [1.54, 1.807) is 0 Å². The summed E-state index contributed by atoms with van der Waals surface area (Å²) in [7, 11) is 1.29.